The average molecular weight is 150 g/mol. The summed E-state index contributed by atoms with van der Waals surface area (Å²) in [6.45, 7) is 8.85. The second-order valence-electron chi connectivity index (χ2n) is 4.01. The van der Waals surface area contributed by atoms with E-state index in [2.05, 4.69) is 52.0 Å². The van der Waals surface area contributed by atoms with Crippen LogP contribution in [0.5, 0.6) is 0 Å². The summed E-state index contributed by atoms with van der Waals surface area (Å²) in [6.07, 6.45) is 10.3. The van der Waals surface area contributed by atoms with Gasteiger partial charge in [0.2, 0.25) is 0 Å². The molecular formula is C11H18. The maximum Gasteiger partial charge on any atom is -0.00496 e. The Labute approximate surface area is 70.0 Å². The summed E-state index contributed by atoms with van der Waals surface area (Å²) in [6, 6.07) is 0. The number of allylic oxidation sites excluding steroid dienone is 4. The minimum atomic E-state index is 0.439. The molecule has 0 aromatic carbocycles. The summed E-state index contributed by atoms with van der Waals surface area (Å²) >= 11 is 0. The van der Waals surface area contributed by atoms with Crippen molar-refractivity contribution in [3.05, 3.63) is 24.3 Å². The molecule has 0 saturated heterocycles. The average Bonchev–Trinajstić information content (AvgIpc) is 2.36. The highest BCUT2D eigenvalue weighted by atomic mass is 14.6. The molecule has 0 spiro atoms. The lowest BCUT2D eigenvalue weighted by atomic mass is 9.95. The van der Waals surface area contributed by atoms with Crippen LogP contribution in [0.15, 0.2) is 24.3 Å². The molecular weight excluding hydrogens is 132 g/mol. The third-order valence-corrected chi connectivity index (χ3v) is 2.98. The van der Waals surface area contributed by atoms with E-state index in [1.54, 1.807) is 0 Å². The molecule has 1 fully saturated rings. The van der Waals surface area contributed by atoms with Crippen molar-refractivity contribution >= 4 is 0 Å². The normalized spacial score (nSPS) is 44.0. The van der Waals surface area contributed by atoms with Crippen LogP contribution in [0.4, 0.5) is 0 Å². The maximum atomic E-state index is 2.33. The first-order valence-electron chi connectivity index (χ1n) is 4.36. The zero-order valence-corrected chi connectivity index (χ0v) is 8.02. The van der Waals surface area contributed by atoms with Crippen LogP contribution in [-0.2, 0) is 0 Å². The van der Waals surface area contributed by atoms with Crippen LogP contribution in [0.3, 0.4) is 0 Å². The van der Waals surface area contributed by atoms with Gasteiger partial charge < -0.3 is 0 Å². The van der Waals surface area contributed by atoms with E-state index < -0.39 is 0 Å². The van der Waals surface area contributed by atoms with E-state index in [0.29, 0.717) is 10.8 Å². The largest absolute Gasteiger partial charge is 0.0911 e. The van der Waals surface area contributed by atoms with Crippen molar-refractivity contribution < 1.29 is 0 Å². The molecule has 0 heteroatoms. The Kier molecular flexibility index (Phi) is 1.96. The summed E-state index contributed by atoms with van der Waals surface area (Å²) < 4.78 is 0. The van der Waals surface area contributed by atoms with Crippen molar-refractivity contribution in [2.45, 2.75) is 34.1 Å². The molecule has 2 atom stereocenters. The molecule has 0 radical (unpaired) electrons. The van der Waals surface area contributed by atoms with E-state index in [-0.39, 0.29) is 0 Å². The van der Waals surface area contributed by atoms with Crippen LogP contribution in [0, 0.1) is 10.8 Å². The topological polar surface area (TPSA) is 0 Å². The Morgan fingerprint density at radius 1 is 0.909 bits per heavy atom. The molecule has 1 rings (SSSR count). The summed E-state index contributed by atoms with van der Waals surface area (Å²) in [5.74, 6) is 0. The Bertz CT molecular complexity index is 178. The van der Waals surface area contributed by atoms with Gasteiger partial charge in [0.25, 0.3) is 0 Å². The monoisotopic (exact) mass is 150 g/mol. The van der Waals surface area contributed by atoms with Crippen molar-refractivity contribution in [2.24, 2.45) is 10.8 Å². The van der Waals surface area contributed by atoms with Gasteiger partial charge in [0.05, 0.1) is 0 Å². The summed E-state index contributed by atoms with van der Waals surface area (Å²) in [4.78, 5) is 0. The van der Waals surface area contributed by atoms with Crippen LogP contribution >= 0.6 is 0 Å². The molecule has 1 aliphatic rings. The minimum absolute atomic E-state index is 0.439. The zero-order valence-electron chi connectivity index (χ0n) is 8.02. The van der Waals surface area contributed by atoms with E-state index in [1.807, 2.05) is 0 Å². The molecule has 0 heterocycles. The molecule has 11 heavy (non-hydrogen) atoms. The van der Waals surface area contributed by atoms with Gasteiger partial charge in [-0.1, -0.05) is 38.2 Å². The fourth-order valence-corrected chi connectivity index (χ4v) is 1.95. The van der Waals surface area contributed by atoms with Crippen molar-refractivity contribution in [1.82, 2.24) is 0 Å². The number of hydrogen-bond donors (Lipinski definition) is 0. The zero-order chi connectivity index (χ0) is 8.54. The van der Waals surface area contributed by atoms with Gasteiger partial charge in [-0.15, -0.1) is 0 Å². The van der Waals surface area contributed by atoms with Gasteiger partial charge in [-0.25, -0.2) is 0 Å². The Balaban J connectivity index is 2.70. The van der Waals surface area contributed by atoms with Crippen molar-refractivity contribution in [3.8, 4) is 0 Å². The molecule has 0 aromatic heterocycles. The van der Waals surface area contributed by atoms with Crippen LogP contribution < -0.4 is 0 Å². The standard InChI is InChI=1S/C11H18/c1-5-7-10(3)9-11(10,4)8-6-2/h5-8H,9H2,1-4H3/b7-5-,8-6-. The van der Waals surface area contributed by atoms with E-state index in [4.69, 9.17) is 0 Å². The van der Waals surface area contributed by atoms with Gasteiger partial charge in [0.15, 0.2) is 0 Å². The fourth-order valence-electron chi connectivity index (χ4n) is 1.95. The maximum absolute atomic E-state index is 2.33. The number of hydrogen-bond acceptors (Lipinski definition) is 0. The van der Waals surface area contributed by atoms with E-state index in [9.17, 15) is 0 Å². The molecule has 1 saturated carbocycles. The first-order chi connectivity index (χ1) is 5.08. The highest BCUT2D eigenvalue weighted by molar-refractivity contribution is 5.26. The molecule has 0 aliphatic heterocycles. The SMILES string of the molecule is C/C=C\C1(C)CC1(C)/C=C\C. The number of rotatable bonds is 2. The fraction of sp³-hybridized carbons (Fsp3) is 0.636. The second-order valence-corrected chi connectivity index (χ2v) is 4.01. The molecule has 2 unspecified atom stereocenters. The third kappa shape index (κ3) is 1.26. The van der Waals surface area contributed by atoms with Gasteiger partial charge in [-0.05, 0) is 31.1 Å². The van der Waals surface area contributed by atoms with Crippen molar-refractivity contribution in [1.29, 1.82) is 0 Å². The lowest BCUT2D eigenvalue weighted by Crippen LogP contribution is -2.00. The van der Waals surface area contributed by atoms with Crippen LogP contribution in [0.1, 0.15) is 34.1 Å². The predicted octanol–water partition coefficient (Wildman–Crippen LogP) is 3.55. The molecule has 0 amide bonds. The Hall–Kier alpha value is -0.520. The van der Waals surface area contributed by atoms with Gasteiger partial charge >= 0.3 is 0 Å². The van der Waals surface area contributed by atoms with Gasteiger partial charge in [-0.2, -0.15) is 0 Å². The first-order valence-corrected chi connectivity index (χ1v) is 4.36. The molecule has 0 N–H and O–H groups in total. The lowest BCUT2D eigenvalue weighted by Gasteiger charge is -2.09. The molecule has 0 aromatic rings. The Morgan fingerprint density at radius 3 is 1.55 bits per heavy atom. The summed E-state index contributed by atoms with van der Waals surface area (Å²) in [7, 11) is 0. The van der Waals surface area contributed by atoms with E-state index in [1.165, 1.54) is 6.42 Å². The summed E-state index contributed by atoms with van der Waals surface area (Å²) in [5.41, 5.74) is 0.878. The van der Waals surface area contributed by atoms with Crippen LogP contribution in [0.25, 0.3) is 0 Å². The molecule has 0 bridgehead atoms. The highest BCUT2D eigenvalue weighted by Crippen LogP contribution is 2.65. The van der Waals surface area contributed by atoms with Crippen molar-refractivity contribution in [2.75, 3.05) is 0 Å². The smallest absolute Gasteiger partial charge is 0.00496 e. The van der Waals surface area contributed by atoms with Crippen LogP contribution in [0.2, 0.25) is 0 Å². The van der Waals surface area contributed by atoms with Gasteiger partial charge in [0.1, 0.15) is 0 Å². The first kappa shape index (κ1) is 8.58. The molecule has 62 valence electrons. The summed E-state index contributed by atoms with van der Waals surface area (Å²) in [5, 5.41) is 0. The molecule has 0 nitrogen and oxygen atoms in total. The minimum Gasteiger partial charge on any atom is -0.0911 e. The predicted molar refractivity (Wildman–Crippen MR) is 50.5 cm³/mol. The lowest BCUT2D eigenvalue weighted by molar-refractivity contribution is 0.557. The van der Waals surface area contributed by atoms with Crippen molar-refractivity contribution in [3.63, 3.8) is 0 Å². The molecule has 1 aliphatic carbocycles. The Morgan fingerprint density at radius 2 is 1.27 bits per heavy atom. The highest BCUT2D eigenvalue weighted by Gasteiger charge is 2.56. The van der Waals surface area contributed by atoms with Gasteiger partial charge in [0, 0.05) is 0 Å². The van der Waals surface area contributed by atoms with Crippen LogP contribution in [-0.4, -0.2) is 0 Å². The quantitative estimate of drug-likeness (QED) is 0.528. The third-order valence-electron chi connectivity index (χ3n) is 2.98. The second kappa shape index (κ2) is 2.51. The van der Waals surface area contributed by atoms with E-state index in [0.717, 1.165) is 0 Å². The van der Waals surface area contributed by atoms with E-state index >= 15 is 0 Å². The van der Waals surface area contributed by atoms with Gasteiger partial charge in [-0.3, -0.25) is 0 Å².